The van der Waals surface area contributed by atoms with Gasteiger partial charge in [0, 0.05) is 11.9 Å². The predicted molar refractivity (Wildman–Crippen MR) is 80.9 cm³/mol. The molecule has 1 heterocycles. The van der Waals surface area contributed by atoms with Gasteiger partial charge in [0.25, 0.3) is 0 Å². The number of esters is 1. The van der Waals surface area contributed by atoms with E-state index in [0.29, 0.717) is 24.4 Å². The number of rotatable bonds is 6. The Morgan fingerprint density at radius 3 is 3.14 bits per heavy atom. The maximum atomic E-state index is 11.4. The number of nitriles is 1. The Hall–Kier alpha value is -2.39. The molecule has 0 spiro atoms. The zero-order chi connectivity index (χ0) is 15.1. The van der Waals surface area contributed by atoms with Gasteiger partial charge in [0.2, 0.25) is 0 Å². The van der Waals surface area contributed by atoms with Crippen LogP contribution in [0.15, 0.2) is 29.6 Å². The Morgan fingerprint density at radius 1 is 1.52 bits per heavy atom. The van der Waals surface area contributed by atoms with Gasteiger partial charge in [-0.3, -0.25) is 4.79 Å². The smallest absolute Gasteiger partial charge is 0.311 e. The van der Waals surface area contributed by atoms with Crippen molar-refractivity contribution in [3.8, 4) is 6.07 Å². The SMILES string of the molecule is CCOC(=O)Cc1csc(NCc2cccc(C#N)c2)n1. The minimum atomic E-state index is -0.268. The molecule has 21 heavy (non-hydrogen) atoms. The zero-order valence-electron chi connectivity index (χ0n) is 11.6. The Kier molecular flexibility index (Phi) is 5.29. The minimum Gasteiger partial charge on any atom is -0.466 e. The zero-order valence-corrected chi connectivity index (χ0v) is 12.4. The topological polar surface area (TPSA) is 75.0 Å². The molecule has 0 radical (unpaired) electrons. The molecule has 108 valence electrons. The normalized spacial score (nSPS) is 9.90. The fourth-order valence-electron chi connectivity index (χ4n) is 1.76. The van der Waals surface area contributed by atoms with E-state index in [0.717, 1.165) is 10.7 Å². The highest BCUT2D eigenvalue weighted by molar-refractivity contribution is 7.13. The Balaban J connectivity index is 1.90. The molecule has 0 amide bonds. The largest absolute Gasteiger partial charge is 0.466 e. The Bertz CT molecular complexity index is 661. The number of carbonyl (C=O) groups is 1. The van der Waals surface area contributed by atoms with Crippen LogP contribution in [0.2, 0.25) is 0 Å². The first-order valence-electron chi connectivity index (χ1n) is 6.54. The maximum Gasteiger partial charge on any atom is 0.311 e. The molecule has 0 unspecified atom stereocenters. The molecule has 6 heteroatoms. The van der Waals surface area contributed by atoms with Crippen molar-refractivity contribution in [2.45, 2.75) is 19.9 Å². The molecule has 0 fully saturated rings. The fraction of sp³-hybridized carbons (Fsp3) is 0.267. The lowest BCUT2D eigenvalue weighted by Crippen LogP contribution is -2.07. The van der Waals surface area contributed by atoms with Crippen LogP contribution in [-0.4, -0.2) is 17.6 Å². The average Bonchev–Trinajstić information content (AvgIpc) is 2.93. The number of nitrogens with one attached hydrogen (secondary N) is 1. The van der Waals surface area contributed by atoms with Crippen LogP contribution < -0.4 is 5.32 Å². The van der Waals surface area contributed by atoms with Gasteiger partial charge in [-0.2, -0.15) is 5.26 Å². The summed E-state index contributed by atoms with van der Waals surface area (Å²) in [5.41, 5.74) is 2.35. The Morgan fingerprint density at radius 2 is 2.38 bits per heavy atom. The van der Waals surface area contributed by atoms with Crippen molar-refractivity contribution in [3.63, 3.8) is 0 Å². The van der Waals surface area contributed by atoms with Gasteiger partial charge in [-0.25, -0.2) is 4.98 Å². The molecule has 2 rings (SSSR count). The van der Waals surface area contributed by atoms with E-state index < -0.39 is 0 Å². The monoisotopic (exact) mass is 301 g/mol. The number of benzene rings is 1. The quantitative estimate of drug-likeness (QED) is 0.830. The summed E-state index contributed by atoms with van der Waals surface area (Å²) in [5, 5.41) is 14.6. The number of aromatic nitrogens is 1. The first-order chi connectivity index (χ1) is 10.2. The van der Waals surface area contributed by atoms with E-state index in [1.807, 2.05) is 23.6 Å². The number of thiazole rings is 1. The van der Waals surface area contributed by atoms with Crippen LogP contribution >= 0.6 is 11.3 Å². The lowest BCUT2D eigenvalue weighted by atomic mass is 10.1. The van der Waals surface area contributed by atoms with Crippen LogP contribution in [0.5, 0.6) is 0 Å². The van der Waals surface area contributed by atoms with Gasteiger partial charge in [0.05, 0.1) is 30.4 Å². The summed E-state index contributed by atoms with van der Waals surface area (Å²) in [6, 6.07) is 9.51. The van der Waals surface area contributed by atoms with E-state index in [1.165, 1.54) is 11.3 Å². The van der Waals surface area contributed by atoms with Crippen molar-refractivity contribution in [3.05, 3.63) is 46.5 Å². The van der Waals surface area contributed by atoms with Gasteiger partial charge < -0.3 is 10.1 Å². The van der Waals surface area contributed by atoms with Gasteiger partial charge in [-0.1, -0.05) is 12.1 Å². The van der Waals surface area contributed by atoms with Crippen LogP contribution in [0.4, 0.5) is 5.13 Å². The highest BCUT2D eigenvalue weighted by Crippen LogP contribution is 2.17. The number of ether oxygens (including phenoxy) is 1. The summed E-state index contributed by atoms with van der Waals surface area (Å²) in [7, 11) is 0. The van der Waals surface area contributed by atoms with Crippen LogP contribution in [-0.2, 0) is 22.5 Å². The van der Waals surface area contributed by atoms with E-state index in [2.05, 4.69) is 16.4 Å². The molecule has 0 aliphatic carbocycles. The van der Waals surface area contributed by atoms with Crippen molar-refractivity contribution < 1.29 is 9.53 Å². The van der Waals surface area contributed by atoms with Crippen LogP contribution in [0.25, 0.3) is 0 Å². The van der Waals surface area contributed by atoms with Crippen LogP contribution in [0.3, 0.4) is 0 Å². The second-order valence-electron chi connectivity index (χ2n) is 4.29. The maximum absolute atomic E-state index is 11.4. The molecule has 1 aromatic heterocycles. The van der Waals surface area contributed by atoms with Gasteiger partial charge in [0.15, 0.2) is 5.13 Å². The molecule has 0 saturated heterocycles. The summed E-state index contributed by atoms with van der Waals surface area (Å²) in [6.07, 6.45) is 0.190. The van der Waals surface area contributed by atoms with Gasteiger partial charge in [0.1, 0.15) is 0 Å². The highest BCUT2D eigenvalue weighted by atomic mass is 32.1. The second kappa shape index (κ2) is 7.41. The molecule has 1 aromatic carbocycles. The molecule has 1 N–H and O–H groups in total. The van der Waals surface area contributed by atoms with Crippen LogP contribution in [0, 0.1) is 11.3 Å². The lowest BCUT2D eigenvalue weighted by Gasteiger charge is -2.03. The third kappa shape index (κ3) is 4.58. The molecule has 0 bridgehead atoms. The standard InChI is InChI=1S/C15H15N3O2S/c1-2-20-14(19)7-13-10-21-15(18-13)17-9-12-5-3-4-11(6-12)8-16/h3-6,10H,2,7,9H2,1H3,(H,17,18). The van der Waals surface area contributed by atoms with E-state index in [1.54, 1.807) is 13.0 Å². The van der Waals surface area contributed by atoms with Crippen molar-refractivity contribution in [2.75, 3.05) is 11.9 Å². The number of hydrogen-bond acceptors (Lipinski definition) is 6. The van der Waals surface area contributed by atoms with Gasteiger partial charge in [-0.15, -0.1) is 11.3 Å². The highest BCUT2D eigenvalue weighted by Gasteiger charge is 2.08. The first kappa shape index (κ1) is 15.0. The summed E-state index contributed by atoms with van der Waals surface area (Å²) in [5.74, 6) is -0.268. The molecule has 5 nitrogen and oxygen atoms in total. The molecular formula is C15H15N3O2S. The van der Waals surface area contributed by atoms with E-state index >= 15 is 0 Å². The van der Waals surface area contributed by atoms with E-state index in [9.17, 15) is 4.79 Å². The number of nitrogens with zero attached hydrogens (tertiary/aromatic N) is 2. The van der Waals surface area contributed by atoms with Crippen molar-refractivity contribution in [1.82, 2.24) is 4.98 Å². The van der Waals surface area contributed by atoms with Gasteiger partial charge in [-0.05, 0) is 24.6 Å². The molecule has 0 atom stereocenters. The van der Waals surface area contributed by atoms with Crippen molar-refractivity contribution >= 4 is 22.4 Å². The summed E-state index contributed by atoms with van der Waals surface area (Å²) in [6.45, 7) is 2.74. The molecule has 0 aliphatic rings. The average molecular weight is 301 g/mol. The Labute approximate surface area is 127 Å². The fourth-order valence-corrected chi connectivity index (χ4v) is 2.47. The third-order valence-electron chi connectivity index (χ3n) is 2.68. The van der Waals surface area contributed by atoms with Crippen molar-refractivity contribution in [2.24, 2.45) is 0 Å². The van der Waals surface area contributed by atoms with E-state index in [-0.39, 0.29) is 12.4 Å². The van der Waals surface area contributed by atoms with Crippen molar-refractivity contribution in [1.29, 1.82) is 5.26 Å². The first-order valence-corrected chi connectivity index (χ1v) is 7.42. The second-order valence-corrected chi connectivity index (χ2v) is 5.15. The lowest BCUT2D eigenvalue weighted by molar-refractivity contribution is -0.142. The van der Waals surface area contributed by atoms with Crippen LogP contribution in [0.1, 0.15) is 23.7 Å². The number of carbonyl (C=O) groups excluding carboxylic acids is 1. The molecule has 0 aliphatic heterocycles. The van der Waals surface area contributed by atoms with Gasteiger partial charge >= 0.3 is 5.97 Å². The molecular weight excluding hydrogens is 286 g/mol. The predicted octanol–water partition coefficient (Wildman–Crippen LogP) is 2.73. The third-order valence-corrected chi connectivity index (χ3v) is 3.53. The number of hydrogen-bond donors (Lipinski definition) is 1. The summed E-state index contributed by atoms with van der Waals surface area (Å²) < 4.78 is 4.88. The number of anilines is 1. The summed E-state index contributed by atoms with van der Waals surface area (Å²) in [4.78, 5) is 15.7. The molecule has 2 aromatic rings. The minimum absolute atomic E-state index is 0.190. The summed E-state index contributed by atoms with van der Waals surface area (Å²) >= 11 is 1.44. The molecule has 0 saturated carbocycles. The van der Waals surface area contributed by atoms with E-state index in [4.69, 9.17) is 10.00 Å².